The molecule has 0 saturated heterocycles. The van der Waals surface area contributed by atoms with E-state index in [4.69, 9.17) is 0 Å². The van der Waals surface area contributed by atoms with Crippen molar-refractivity contribution in [3.8, 4) is 0 Å². The molecule has 5 heteroatoms. The van der Waals surface area contributed by atoms with Crippen molar-refractivity contribution in [2.24, 2.45) is 5.41 Å². The van der Waals surface area contributed by atoms with E-state index in [2.05, 4.69) is 26.1 Å². The van der Waals surface area contributed by atoms with Crippen molar-refractivity contribution in [3.05, 3.63) is 35.6 Å². The predicted molar refractivity (Wildman–Crippen MR) is 83.1 cm³/mol. The molecule has 0 radical (unpaired) electrons. The van der Waals surface area contributed by atoms with Crippen LogP contribution in [0.5, 0.6) is 0 Å². The first-order valence-corrected chi connectivity index (χ1v) is 7.44. The Labute approximate surface area is 130 Å². The van der Waals surface area contributed by atoms with Crippen LogP contribution in [-0.4, -0.2) is 23.5 Å². The van der Waals surface area contributed by atoms with E-state index >= 15 is 0 Å². The molecule has 2 N–H and O–H groups in total. The lowest BCUT2D eigenvalue weighted by Crippen LogP contribution is -2.31. The molecule has 0 fully saturated rings. The van der Waals surface area contributed by atoms with Crippen molar-refractivity contribution >= 4 is 11.9 Å². The fourth-order valence-corrected chi connectivity index (χ4v) is 2.13. The Kier molecular flexibility index (Phi) is 6.53. The predicted octanol–water partition coefficient (Wildman–Crippen LogP) is 3.33. The summed E-state index contributed by atoms with van der Waals surface area (Å²) in [5, 5.41) is 11.9. The molecule has 0 spiro atoms. The lowest BCUT2D eigenvalue weighted by atomic mass is 9.90. The van der Waals surface area contributed by atoms with E-state index in [-0.39, 0.29) is 17.9 Å². The lowest BCUT2D eigenvalue weighted by Gasteiger charge is -2.18. The van der Waals surface area contributed by atoms with E-state index in [9.17, 15) is 19.1 Å². The normalized spacial score (nSPS) is 12.7. The Balaban J connectivity index is 2.50. The highest BCUT2D eigenvalue weighted by Gasteiger charge is 2.20. The summed E-state index contributed by atoms with van der Waals surface area (Å²) >= 11 is 0. The average molecular weight is 309 g/mol. The average Bonchev–Trinajstić information content (AvgIpc) is 2.39. The van der Waals surface area contributed by atoms with Crippen LogP contribution < -0.4 is 5.32 Å². The van der Waals surface area contributed by atoms with Gasteiger partial charge in [-0.25, -0.2) is 4.39 Å². The molecule has 1 atom stereocenters. The Bertz CT molecular complexity index is 506. The molecule has 1 rings (SSSR count). The zero-order valence-electron chi connectivity index (χ0n) is 13.4. The van der Waals surface area contributed by atoms with Gasteiger partial charge in [0.15, 0.2) is 0 Å². The molecule has 122 valence electrons. The lowest BCUT2D eigenvalue weighted by molar-refractivity contribution is -0.138. The number of rotatable bonds is 7. The second-order valence-electron chi connectivity index (χ2n) is 6.66. The molecule has 0 aliphatic heterocycles. The smallest absolute Gasteiger partial charge is 0.312 e. The SMILES string of the molecule is CC(C)(C)CCCC(=O)NCC(C(=O)O)c1ccc(F)cc1. The van der Waals surface area contributed by atoms with E-state index in [0.29, 0.717) is 12.0 Å². The molecular formula is C17H24FNO3. The maximum absolute atomic E-state index is 12.9. The van der Waals surface area contributed by atoms with Gasteiger partial charge in [-0.2, -0.15) is 0 Å². The Hall–Kier alpha value is -1.91. The summed E-state index contributed by atoms with van der Waals surface area (Å²) in [5.41, 5.74) is 0.654. The summed E-state index contributed by atoms with van der Waals surface area (Å²) < 4.78 is 12.9. The van der Waals surface area contributed by atoms with Gasteiger partial charge in [0.05, 0.1) is 5.92 Å². The molecule has 0 aliphatic rings. The summed E-state index contributed by atoms with van der Waals surface area (Å²) in [7, 11) is 0. The summed E-state index contributed by atoms with van der Waals surface area (Å²) in [6.45, 7) is 6.34. The molecule has 1 amide bonds. The van der Waals surface area contributed by atoms with Crippen molar-refractivity contribution in [1.29, 1.82) is 0 Å². The fourth-order valence-electron chi connectivity index (χ4n) is 2.13. The zero-order chi connectivity index (χ0) is 16.8. The van der Waals surface area contributed by atoms with E-state index < -0.39 is 17.7 Å². The van der Waals surface area contributed by atoms with Gasteiger partial charge in [-0.05, 0) is 36.0 Å². The van der Waals surface area contributed by atoms with Gasteiger partial charge in [0.2, 0.25) is 5.91 Å². The zero-order valence-corrected chi connectivity index (χ0v) is 13.4. The molecule has 4 nitrogen and oxygen atoms in total. The van der Waals surface area contributed by atoms with Crippen LogP contribution in [0.25, 0.3) is 0 Å². The highest BCUT2D eigenvalue weighted by molar-refractivity contribution is 5.79. The number of hydrogen-bond acceptors (Lipinski definition) is 2. The van der Waals surface area contributed by atoms with Crippen LogP contribution in [-0.2, 0) is 9.59 Å². The molecular weight excluding hydrogens is 285 g/mol. The third-order valence-electron chi connectivity index (χ3n) is 3.40. The molecule has 1 aromatic rings. The number of halogens is 1. The molecule has 0 saturated carbocycles. The number of carboxylic acids is 1. The Morgan fingerprint density at radius 1 is 1.23 bits per heavy atom. The molecule has 1 aromatic carbocycles. The summed E-state index contributed by atoms with van der Waals surface area (Å²) in [6.07, 6.45) is 2.08. The first-order chi connectivity index (χ1) is 10.2. The van der Waals surface area contributed by atoms with E-state index in [1.165, 1.54) is 24.3 Å². The van der Waals surface area contributed by atoms with Crippen LogP contribution in [0.3, 0.4) is 0 Å². The van der Waals surface area contributed by atoms with Gasteiger partial charge in [0.25, 0.3) is 0 Å². The molecule has 0 aromatic heterocycles. The van der Waals surface area contributed by atoms with Gasteiger partial charge in [0, 0.05) is 13.0 Å². The van der Waals surface area contributed by atoms with Crippen molar-refractivity contribution < 1.29 is 19.1 Å². The number of carboxylic acid groups (broad SMARTS) is 1. The highest BCUT2D eigenvalue weighted by Crippen LogP contribution is 2.21. The first-order valence-electron chi connectivity index (χ1n) is 7.44. The van der Waals surface area contributed by atoms with Crippen molar-refractivity contribution in [1.82, 2.24) is 5.32 Å². The van der Waals surface area contributed by atoms with Gasteiger partial charge in [-0.15, -0.1) is 0 Å². The standard InChI is InChI=1S/C17H24FNO3/c1-17(2,3)10-4-5-15(20)19-11-14(16(21)22)12-6-8-13(18)9-7-12/h6-9,14H,4-5,10-11H2,1-3H3,(H,19,20)(H,21,22). The summed E-state index contributed by atoms with van der Waals surface area (Å²) in [6, 6.07) is 5.30. The number of amides is 1. The number of carbonyl (C=O) groups excluding carboxylic acids is 1. The van der Waals surface area contributed by atoms with Crippen molar-refractivity contribution in [3.63, 3.8) is 0 Å². The van der Waals surface area contributed by atoms with E-state index in [0.717, 1.165) is 12.8 Å². The van der Waals surface area contributed by atoms with Gasteiger partial charge in [-0.1, -0.05) is 32.9 Å². The van der Waals surface area contributed by atoms with Gasteiger partial charge in [0.1, 0.15) is 5.82 Å². The summed E-state index contributed by atoms with van der Waals surface area (Å²) in [4.78, 5) is 23.1. The van der Waals surface area contributed by atoms with Crippen LogP contribution in [0.4, 0.5) is 4.39 Å². The minimum absolute atomic E-state index is 0.00924. The van der Waals surface area contributed by atoms with Gasteiger partial charge < -0.3 is 10.4 Å². The third kappa shape index (κ3) is 6.70. The van der Waals surface area contributed by atoms with E-state index in [1.807, 2.05) is 0 Å². The first kappa shape index (κ1) is 18.1. The minimum atomic E-state index is -1.04. The number of benzene rings is 1. The topological polar surface area (TPSA) is 66.4 Å². The Morgan fingerprint density at radius 2 is 1.82 bits per heavy atom. The number of hydrogen-bond donors (Lipinski definition) is 2. The monoisotopic (exact) mass is 309 g/mol. The van der Waals surface area contributed by atoms with Crippen LogP contribution in [0, 0.1) is 11.2 Å². The van der Waals surface area contributed by atoms with Crippen LogP contribution in [0.15, 0.2) is 24.3 Å². The summed E-state index contributed by atoms with van der Waals surface area (Å²) in [5.74, 6) is -2.48. The number of carbonyl (C=O) groups is 2. The molecule has 0 aliphatic carbocycles. The Morgan fingerprint density at radius 3 is 2.32 bits per heavy atom. The number of aliphatic carboxylic acids is 1. The van der Waals surface area contributed by atoms with Crippen LogP contribution >= 0.6 is 0 Å². The largest absolute Gasteiger partial charge is 0.481 e. The molecule has 22 heavy (non-hydrogen) atoms. The maximum Gasteiger partial charge on any atom is 0.312 e. The van der Waals surface area contributed by atoms with Crippen molar-refractivity contribution in [2.45, 2.75) is 46.0 Å². The second kappa shape index (κ2) is 7.92. The van der Waals surface area contributed by atoms with Crippen LogP contribution in [0.1, 0.15) is 51.5 Å². The van der Waals surface area contributed by atoms with Gasteiger partial charge in [-0.3, -0.25) is 9.59 Å². The van der Waals surface area contributed by atoms with Crippen LogP contribution in [0.2, 0.25) is 0 Å². The fraction of sp³-hybridized carbons (Fsp3) is 0.529. The van der Waals surface area contributed by atoms with E-state index in [1.54, 1.807) is 0 Å². The molecule has 0 heterocycles. The minimum Gasteiger partial charge on any atom is -0.481 e. The quantitative estimate of drug-likeness (QED) is 0.812. The van der Waals surface area contributed by atoms with Crippen molar-refractivity contribution in [2.75, 3.05) is 6.54 Å². The number of nitrogens with one attached hydrogen (secondary N) is 1. The van der Waals surface area contributed by atoms with Gasteiger partial charge >= 0.3 is 5.97 Å². The highest BCUT2D eigenvalue weighted by atomic mass is 19.1. The maximum atomic E-state index is 12.9. The third-order valence-corrected chi connectivity index (χ3v) is 3.40. The second-order valence-corrected chi connectivity index (χ2v) is 6.66. The molecule has 0 bridgehead atoms. The molecule has 1 unspecified atom stereocenters.